The number of nitrogens with one attached hydrogen (secondary N) is 2. The van der Waals surface area contributed by atoms with Gasteiger partial charge in [-0.25, -0.2) is 0 Å². The summed E-state index contributed by atoms with van der Waals surface area (Å²) in [5, 5.41) is 6.60. The van der Waals surface area contributed by atoms with Crippen molar-refractivity contribution in [1.82, 2.24) is 10.6 Å². The molecule has 0 heterocycles. The molecule has 0 saturated heterocycles. The highest BCUT2D eigenvalue weighted by atomic mass is 16.5. The van der Waals surface area contributed by atoms with Crippen LogP contribution in [0.25, 0.3) is 0 Å². The number of rotatable bonds is 14. The van der Waals surface area contributed by atoms with Crippen molar-refractivity contribution >= 4 is 5.96 Å². The molecular formula is C17H37N3O2. The first-order valence-electron chi connectivity index (χ1n) is 8.88. The third kappa shape index (κ3) is 15.6. The summed E-state index contributed by atoms with van der Waals surface area (Å²) >= 11 is 0. The Morgan fingerprint density at radius 2 is 1.68 bits per heavy atom. The van der Waals surface area contributed by atoms with Gasteiger partial charge in [0.15, 0.2) is 5.96 Å². The average molecular weight is 316 g/mol. The molecule has 0 amide bonds. The molecule has 0 rings (SSSR count). The first-order valence-corrected chi connectivity index (χ1v) is 8.88. The highest BCUT2D eigenvalue weighted by molar-refractivity contribution is 5.79. The van der Waals surface area contributed by atoms with E-state index < -0.39 is 0 Å². The van der Waals surface area contributed by atoms with E-state index in [0.717, 1.165) is 71.3 Å². The lowest BCUT2D eigenvalue weighted by molar-refractivity contribution is 0.109. The molecule has 0 aliphatic rings. The first-order chi connectivity index (χ1) is 10.7. The molecule has 0 aliphatic heterocycles. The summed E-state index contributed by atoms with van der Waals surface area (Å²) in [4.78, 5) is 4.55. The van der Waals surface area contributed by atoms with Gasteiger partial charge in [0.2, 0.25) is 0 Å². The number of guanidine groups is 1. The molecule has 0 aromatic carbocycles. The van der Waals surface area contributed by atoms with E-state index in [1.807, 2.05) is 0 Å². The molecule has 0 spiro atoms. The SMILES string of the molecule is CCCCOCCCNC(=NCCCOCC(C)C)NCC. The molecule has 22 heavy (non-hydrogen) atoms. The van der Waals surface area contributed by atoms with Crippen molar-refractivity contribution in [3.8, 4) is 0 Å². The molecule has 0 fully saturated rings. The van der Waals surface area contributed by atoms with E-state index in [1.165, 1.54) is 6.42 Å². The zero-order chi connectivity index (χ0) is 16.5. The monoisotopic (exact) mass is 315 g/mol. The van der Waals surface area contributed by atoms with Gasteiger partial charge < -0.3 is 20.1 Å². The van der Waals surface area contributed by atoms with Gasteiger partial charge in [-0.3, -0.25) is 4.99 Å². The lowest BCUT2D eigenvalue weighted by atomic mass is 10.2. The lowest BCUT2D eigenvalue weighted by Crippen LogP contribution is -2.38. The van der Waals surface area contributed by atoms with Gasteiger partial charge in [-0.2, -0.15) is 0 Å². The minimum Gasteiger partial charge on any atom is -0.381 e. The third-order valence-electron chi connectivity index (χ3n) is 2.91. The van der Waals surface area contributed by atoms with Crippen molar-refractivity contribution < 1.29 is 9.47 Å². The van der Waals surface area contributed by atoms with Gasteiger partial charge >= 0.3 is 0 Å². The van der Waals surface area contributed by atoms with Crippen LogP contribution in [0, 0.1) is 5.92 Å². The Morgan fingerprint density at radius 3 is 2.36 bits per heavy atom. The van der Waals surface area contributed by atoms with Gasteiger partial charge in [0.1, 0.15) is 0 Å². The standard InChI is InChI=1S/C17H37N3O2/c1-5-7-12-21-13-8-10-19-17(18-6-2)20-11-9-14-22-15-16(3)4/h16H,5-15H2,1-4H3,(H2,18,19,20). The van der Waals surface area contributed by atoms with E-state index in [4.69, 9.17) is 9.47 Å². The number of ether oxygens (including phenoxy) is 2. The Hall–Kier alpha value is -0.810. The molecule has 0 aromatic heterocycles. The van der Waals surface area contributed by atoms with Crippen LogP contribution in [0.3, 0.4) is 0 Å². The van der Waals surface area contributed by atoms with Crippen LogP contribution >= 0.6 is 0 Å². The summed E-state index contributed by atoms with van der Waals surface area (Å²) in [6.07, 6.45) is 4.31. The van der Waals surface area contributed by atoms with Crippen LogP contribution < -0.4 is 10.6 Å². The molecule has 2 N–H and O–H groups in total. The van der Waals surface area contributed by atoms with Crippen LogP contribution in [0.15, 0.2) is 4.99 Å². The fourth-order valence-corrected chi connectivity index (χ4v) is 1.75. The second-order valence-electron chi connectivity index (χ2n) is 5.83. The number of hydrogen-bond donors (Lipinski definition) is 2. The van der Waals surface area contributed by atoms with E-state index in [2.05, 4.69) is 43.3 Å². The maximum Gasteiger partial charge on any atom is 0.191 e. The Morgan fingerprint density at radius 1 is 0.955 bits per heavy atom. The summed E-state index contributed by atoms with van der Waals surface area (Å²) in [6, 6.07) is 0. The van der Waals surface area contributed by atoms with Crippen LogP contribution in [0.4, 0.5) is 0 Å². The van der Waals surface area contributed by atoms with Crippen molar-refractivity contribution in [1.29, 1.82) is 0 Å². The highest BCUT2D eigenvalue weighted by Crippen LogP contribution is 1.94. The largest absolute Gasteiger partial charge is 0.381 e. The second-order valence-corrected chi connectivity index (χ2v) is 5.83. The summed E-state index contributed by atoms with van der Waals surface area (Å²) in [5.74, 6) is 1.49. The Balaban J connectivity index is 3.64. The van der Waals surface area contributed by atoms with Crippen LogP contribution in [0.5, 0.6) is 0 Å². The lowest BCUT2D eigenvalue weighted by Gasteiger charge is -2.11. The highest BCUT2D eigenvalue weighted by Gasteiger charge is 1.97. The van der Waals surface area contributed by atoms with E-state index in [0.29, 0.717) is 5.92 Å². The van der Waals surface area contributed by atoms with Gasteiger partial charge in [0, 0.05) is 46.1 Å². The number of aliphatic imine (C=N–C) groups is 1. The van der Waals surface area contributed by atoms with Gasteiger partial charge in [0.05, 0.1) is 0 Å². The molecule has 0 radical (unpaired) electrons. The first kappa shape index (κ1) is 21.2. The predicted molar refractivity (Wildman–Crippen MR) is 94.6 cm³/mol. The van der Waals surface area contributed by atoms with Crippen molar-refractivity contribution in [2.75, 3.05) is 46.1 Å². The zero-order valence-corrected chi connectivity index (χ0v) is 15.1. The fraction of sp³-hybridized carbons (Fsp3) is 0.941. The molecule has 0 bridgehead atoms. The van der Waals surface area contributed by atoms with E-state index in [-0.39, 0.29) is 0 Å². The topological polar surface area (TPSA) is 54.9 Å². The Bertz CT molecular complexity index is 258. The van der Waals surface area contributed by atoms with Gasteiger partial charge in [-0.15, -0.1) is 0 Å². The molecule has 132 valence electrons. The van der Waals surface area contributed by atoms with Crippen LogP contribution in [0.2, 0.25) is 0 Å². The molecule has 5 heteroatoms. The molecule has 0 unspecified atom stereocenters. The average Bonchev–Trinajstić information content (AvgIpc) is 2.49. The van der Waals surface area contributed by atoms with Crippen molar-refractivity contribution in [2.24, 2.45) is 10.9 Å². The van der Waals surface area contributed by atoms with Crippen molar-refractivity contribution in [3.63, 3.8) is 0 Å². The quantitative estimate of drug-likeness (QED) is 0.294. The third-order valence-corrected chi connectivity index (χ3v) is 2.91. The summed E-state index contributed by atoms with van der Waals surface area (Å²) < 4.78 is 11.1. The zero-order valence-electron chi connectivity index (χ0n) is 15.1. The van der Waals surface area contributed by atoms with Gasteiger partial charge in [-0.1, -0.05) is 27.2 Å². The van der Waals surface area contributed by atoms with Gasteiger partial charge in [-0.05, 0) is 32.1 Å². The second kappa shape index (κ2) is 16.6. The smallest absolute Gasteiger partial charge is 0.191 e. The normalized spacial score (nSPS) is 12.0. The minimum atomic E-state index is 0.599. The number of hydrogen-bond acceptors (Lipinski definition) is 3. The van der Waals surface area contributed by atoms with Crippen LogP contribution in [-0.4, -0.2) is 52.0 Å². The number of unbranched alkanes of at least 4 members (excludes halogenated alkanes) is 1. The minimum absolute atomic E-state index is 0.599. The van der Waals surface area contributed by atoms with E-state index in [9.17, 15) is 0 Å². The van der Waals surface area contributed by atoms with Gasteiger partial charge in [0.25, 0.3) is 0 Å². The molecule has 0 saturated carbocycles. The predicted octanol–water partition coefficient (Wildman–Crippen LogP) is 2.81. The fourth-order valence-electron chi connectivity index (χ4n) is 1.75. The molecule has 0 atom stereocenters. The molecule has 0 aromatic rings. The Kier molecular flexibility index (Phi) is 15.9. The molecular weight excluding hydrogens is 278 g/mol. The summed E-state index contributed by atoms with van der Waals surface area (Å²) in [6.45, 7) is 14.5. The Labute approximate surface area is 137 Å². The van der Waals surface area contributed by atoms with E-state index >= 15 is 0 Å². The van der Waals surface area contributed by atoms with Crippen molar-refractivity contribution in [2.45, 2.75) is 53.4 Å². The summed E-state index contributed by atoms with van der Waals surface area (Å²) in [5.41, 5.74) is 0. The maximum atomic E-state index is 5.56. The maximum absolute atomic E-state index is 5.56. The van der Waals surface area contributed by atoms with E-state index in [1.54, 1.807) is 0 Å². The number of nitrogens with zero attached hydrogens (tertiary/aromatic N) is 1. The molecule has 0 aliphatic carbocycles. The summed E-state index contributed by atoms with van der Waals surface area (Å²) in [7, 11) is 0. The van der Waals surface area contributed by atoms with Crippen molar-refractivity contribution in [3.05, 3.63) is 0 Å². The van der Waals surface area contributed by atoms with Crippen LogP contribution in [-0.2, 0) is 9.47 Å². The molecule has 5 nitrogen and oxygen atoms in total. The van der Waals surface area contributed by atoms with Crippen LogP contribution in [0.1, 0.15) is 53.4 Å².